The van der Waals surface area contributed by atoms with E-state index in [1.165, 1.54) is 6.07 Å². The molecule has 76 valence electrons. The largest absolute Gasteiger partial charge is 0.367 e. The Bertz CT molecular complexity index is 326. The van der Waals surface area contributed by atoms with E-state index in [9.17, 15) is 10.1 Å². The maximum absolute atomic E-state index is 10.6. The number of hydrogen-bond acceptors (Lipinski definition) is 4. The molecule has 0 fully saturated rings. The van der Waals surface area contributed by atoms with Crippen LogP contribution in [0.1, 0.15) is 0 Å². The molecule has 0 aromatic heterocycles. The lowest BCUT2D eigenvalue weighted by atomic mass is 10.3. The number of hydrogen-bond donors (Lipinski definition) is 1. The molecule has 0 aliphatic rings. The number of nitrogens with one attached hydrogen (secondary N) is 1. The van der Waals surface area contributed by atoms with Crippen molar-refractivity contribution in [1.29, 1.82) is 0 Å². The Kier molecular flexibility index (Phi) is 3.41. The van der Waals surface area contributed by atoms with Crippen LogP contribution in [0.5, 0.6) is 0 Å². The van der Waals surface area contributed by atoms with Gasteiger partial charge in [0.1, 0.15) is 5.69 Å². The Labute approximate surface area is 82.5 Å². The molecule has 5 heteroatoms. The van der Waals surface area contributed by atoms with Gasteiger partial charge in [0, 0.05) is 6.07 Å². The number of para-hydroxylation sites is 2. The molecule has 0 spiro atoms. The summed E-state index contributed by atoms with van der Waals surface area (Å²) in [5.74, 6) is 0. The number of anilines is 1. The first-order valence-corrected chi connectivity index (χ1v) is 4.23. The van der Waals surface area contributed by atoms with E-state index in [0.717, 1.165) is 0 Å². The molecular formula is C9H13N3O2. The van der Waals surface area contributed by atoms with Crippen molar-refractivity contribution in [3.63, 3.8) is 0 Å². The number of nitrogens with zero attached hydrogens (tertiary/aromatic N) is 2. The minimum Gasteiger partial charge on any atom is -0.367 e. The summed E-state index contributed by atoms with van der Waals surface area (Å²) >= 11 is 0. The Hall–Kier alpha value is -1.62. The zero-order valence-corrected chi connectivity index (χ0v) is 8.23. The van der Waals surface area contributed by atoms with E-state index >= 15 is 0 Å². The van der Waals surface area contributed by atoms with Gasteiger partial charge in [-0.2, -0.15) is 0 Å². The van der Waals surface area contributed by atoms with E-state index in [2.05, 4.69) is 5.32 Å². The highest BCUT2D eigenvalue weighted by Gasteiger charge is 2.11. The van der Waals surface area contributed by atoms with Crippen LogP contribution in [0.15, 0.2) is 24.3 Å². The lowest BCUT2D eigenvalue weighted by molar-refractivity contribution is -0.384. The number of nitro groups is 1. The van der Waals surface area contributed by atoms with Crippen molar-refractivity contribution in [2.24, 2.45) is 0 Å². The summed E-state index contributed by atoms with van der Waals surface area (Å²) in [5.41, 5.74) is 0.653. The summed E-state index contributed by atoms with van der Waals surface area (Å²) in [6, 6.07) is 6.60. The molecule has 0 aliphatic carbocycles. The van der Waals surface area contributed by atoms with Crippen molar-refractivity contribution >= 4 is 11.4 Å². The third-order valence-electron chi connectivity index (χ3n) is 1.69. The van der Waals surface area contributed by atoms with Gasteiger partial charge in [-0.3, -0.25) is 15.0 Å². The van der Waals surface area contributed by atoms with Crippen molar-refractivity contribution < 1.29 is 4.92 Å². The molecule has 1 aromatic rings. The Morgan fingerprint density at radius 3 is 2.64 bits per heavy atom. The fraction of sp³-hybridized carbons (Fsp3) is 0.333. The van der Waals surface area contributed by atoms with Crippen LogP contribution in [-0.2, 0) is 0 Å². The lowest BCUT2D eigenvalue weighted by Crippen LogP contribution is -2.20. The van der Waals surface area contributed by atoms with Crippen LogP contribution in [0.2, 0.25) is 0 Å². The molecule has 1 aromatic carbocycles. The molecule has 0 aliphatic heterocycles. The van der Waals surface area contributed by atoms with Gasteiger partial charge in [0.05, 0.1) is 11.6 Å². The van der Waals surface area contributed by atoms with Gasteiger partial charge in [0.15, 0.2) is 0 Å². The van der Waals surface area contributed by atoms with Crippen LogP contribution >= 0.6 is 0 Å². The molecule has 1 rings (SSSR count). The van der Waals surface area contributed by atoms with Crippen molar-refractivity contribution in [3.05, 3.63) is 34.4 Å². The van der Waals surface area contributed by atoms with Crippen molar-refractivity contribution in [3.8, 4) is 0 Å². The van der Waals surface area contributed by atoms with E-state index < -0.39 is 4.92 Å². The smallest absolute Gasteiger partial charge is 0.292 e. The van der Waals surface area contributed by atoms with Crippen LogP contribution in [0.25, 0.3) is 0 Å². The third kappa shape index (κ3) is 2.70. The first-order valence-electron chi connectivity index (χ1n) is 4.23. The molecule has 0 amide bonds. The topological polar surface area (TPSA) is 58.4 Å². The highest BCUT2D eigenvalue weighted by molar-refractivity contribution is 5.60. The van der Waals surface area contributed by atoms with Crippen molar-refractivity contribution in [2.45, 2.75) is 0 Å². The second kappa shape index (κ2) is 4.57. The van der Waals surface area contributed by atoms with Gasteiger partial charge < -0.3 is 5.32 Å². The predicted octanol–water partition coefficient (Wildman–Crippen LogP) is 1.53. The molecule has 0 saturated carbocycles. The number of rotatable bonds is 4. The molecule has 5 nitrogen and oxygen atoms in total. The molecule has 0 atom stereocenters. The van der Waals surface area contributed by atoms with Gasteiger partial charge in [0.2, 0.25) is 0 Å². The van der Waals surface area contributed by atoms with Gasteiger partial charge in [-0.25, -0.2) is 0 Å². The highest BCUT2D eigenvalue weighted by atomic mass is 16.6. The minimum atomic E-state index is -0.391. The van der Waals surface area contributed by atoms with E-state index in [4.69, 9.17) is 0 Å². The minimum absolute atomic E-state index is 0.106. The van der Waals surface area contributed by atoms with E-state index in [-0.39, 0.29) is 5.69 Å². The average molecular weight is 195 g/mol. The molecule has 14 heavy (non-hydrogen) atoms. The summed E-state index contributed by atoms with van der Waals surface area (Å²) in [4.78, 5) is 12.1. The summed E-state index contributed by atoms with van der Waals surface area (Å²) in [5, 5.41) is 13.6. The van der Waals surface area contributed by atoms with E-state index in [1.807, 2.05) is 19.0 Å². The van der Waals surface area contributed by atoms with Crippen molar-refractivity contribution in [2.75, 3.05) is 26.1 Å². The van der Waals surface area contributed by atoms with Crippen LogP contribution in [0.3, 0.4) is 0 Å². The van der Waals surface area contributed by atoms with Crippen LogP contribution in [-0.4, -0.2) is 30.6 Å². The van der Waals surface area contributed by atoms with Crippen LogP contribution < -0.4 is 5.32 Å². The normalized spacial score (nSPS) is 10.2. The zero-order valence-electron chi connectivity index (χ0n) is 8.23. The number of benzene rings is 1. The van der Waals surface area contributed by atoms with Gasteiger partial charge in [-0.1, -0.05) is 12.1 Å². The summed E-state index contributed by atoms with van der Waals surface area (Å²) in [7, 11) is 3.78. The fourth-order valence-electron chi connectivity index (χ4n) is 1.03. The molecule has 0 bridgehead atoms. The lowest BCUT2D eigenvalue weighted by Gasteiger charge is -2.11. The van der Waals surface area contributed by atoms with Gasteiger partial charge in [-0.15, -0.1) is 0 Å². The average Bonchev–Trinajstić information content (AvgIpc) is 2.15. The monoisotopic (exact) mass is 195 g/mol. The maximum Gasteiger partial charge on any atom is 0.292 e. The molecule has 1 N–H and O–H groups in total. The molecular weight excluding hydrogens is 182 g/mol. The first-order chi connectivity index (χ1) is 6.61. The predicted molar refractivity (Wildman–Crippen MR) is 55.3 cm³/mol. The van der Waals surface area contributed by atoms with Gasteiger partial charge in [0.25, 0.3) is 5.69 Å². The van der Waals surface area contributed by atoms with Gasteiger partial charge in [-0.05, 0) is 20.2 Å². The van der Waals surface area contributed by atoms with Crippen LogP contribution in [0, 0.1) is 10.1 Å². The Morgan fingerprint density at radius 1 is 1.43 bits per heavy atom. The number of nitro benzene ring substituents is 1. The summed E-state index contributed by atoms with van der Waals surface area (Å²) < 4.78 is 0. The zero-order chi connectivity index (χ0) is 10.6. The van der Waals surface area contributed by atoms with Crippen LogP contribution in [0.4, 0.5) is 11.4 Å². The summed E-state index contributed by atoms with van der Waals surface area (Å²) in [6.45, 7) is 0.574. The van der Waals surface area contributed by atoms with E-state index in [0.29, 0.717) is 12.4 Å². The highest BCUT2D eigenvalue weighted by Crippen LogP contribution is 2.22. The summed E-state index contributed by atoms with van der Waals surface area (Å²) in [6.07, 6.45) is 0. The quantitative estimate of drug-likeness (QED) is 0.449. The molecule has 0 unspecified atom stereocenters. The molecule has 0 saturated heterocycles. The second-order valence-corrected chi connectivity index (χ2v) is 3.19. The van der Waals surface area contributed by atoms with Gasteiger partial charge >= 0.3 is 0 Å². The maximum atomic E-state index is 10.6. The Balaban J connectivity index is 2.79. The standard InChI is InChI=1S/C9H13N3O2/c1-11(2)7-10-8-5-3-4-6-9(8)12(13)14/h3-6,10H,7H2,1-2H3. The fourth-order valence-corrected chi connectivity index (χ4v) is 1.03. The SMILES string of the molecule is CN(C)CNc1ccccc1[N+](=O)[O-]. The van der Waals surface area contributed by atoms with Crippen molar-refractivity contribution in [1.82, 2.24) is 4.90 Å². The third-order valence-corrected chi connectivity index (χ3v) is 1.69. The second-order valence-electron chi connectivity index (χ2n) is 3.19. The first kappa shape index (κ1) is 10.5. The molecule has 0 heterocycles. The van der Waals surface area contributed by atoms with E-state index in [1.54, 1.807) is 18.2 Å². The Morgan fingerprint density at radius 2 is 2.07 bits per heavy atom. The molecule has 0 radical (unpaired) electrons.